The Balaban J connectivity index is 1.63. The predicted molar refractivity (Wildman–Crippen MR) is 72.1 cm³/mol. The average molecular weight is 237 g/mol. The summed E-state index contributed by atoms with van der Waals surface area (Å²) in [5, 5.41) is 0. The molecule has 1 aliphatic heterocycles. The van der Waals surface area contributed by atoms with Crippen LogP contribution in [0.2, 0.25) is 25.7 Å². The lowest BCUT2D eigenvalue weighted by atomic mass is 10.2. The van der Waals surface area contributed by atoms with Crippen molar-refractivity contribution in [1.82, 2.24) is 0 Å². The Morgan fingerprint density at radius 3 is 2.75 bits per heavy atom. The second kappa shape index (κ2) is 4.84. The summed E-state index contributed by atoms with van der Waals surface area (Å²) in [4.78, 5) is 4.68. The highest BCUT2D eigenvalue weighted by molar-refractivity contribution is 6.76. The van der Waals surface area contributed by atoms with E-state index in [9.17, 15) is 0 Å². The third-order valence-electron chi connectivity index (χ3n) is 3.08. The minimum atomic E-state index is -0.934. The summed E-state index contributed by atoms with van der Waals surface area (Å²) in [6, 6.07) is 1.56. The van der Waals surface area contributed by atoms with E-state index in [2.05, 4.69) is 36.8 Å². The maximum atomic E-state index is 5.72. The minimum Gasteiger partial charge on any atom is -0.379 e. The molecule has 1 unspecified atom stereocenters. The Morgan fingerprint density at radius 2 is 2.12 bits per heavy atom. The van der Waals surface area contributed by atoms with Crippen LogP contribution in [0.4, 0.5) is 0 Å². The first-order valence-corrected chi connectivity index (χ1v) is 10.1. The Bertz CT molecular complexity index is 300. The Morgan fingerprint density at radius 1 is 1.38 bits per heavy atom. The van der Waals surface area contributed by atoms with Crippen molar-refractivity contribution < 1.29 is 4.74 Å². The van der Waals surface area contributed by atoms with E-state index < -0.39 is 8.07 Å². The molecule has 16 heavy (non-hydrogen) atoms. The van der Waals surface area contributed by atoms with Gasteiger partial charge >= 0.3 is 0 Å². The molecule has 0 amide bonds. The lowest BCUT2D eigenvalue weighted by molar-refractivity contribution is 0.143. The number of nitrogens with zero attached hydrogens (tertiary/aromatic N) is 1. The topological polar surface area (TPSA) is 21.6 Å². The van der Waals surface area contributed by atoms with Crippen molar-refractivity contribution >= 4 is 13.8 Å². The molecule has 0 aromatic heterocycles. The van der Waals surface area contributed by atoms with E-state index in [1.807, 2.05) is 0 Å². The maximum Gasteiger partial charge on any atom is 0.0920 e. The quantitative estimate of drug-likeness (QED) is 0.514. The summed E-state index contributed by atoms with van der Waals surface area (Å²) in [5.74, 6) is 0.781. The van der Waals surface area contributed by atoms with Crippen molar-refractivity contribution in [3.05, 3.63) is 12.2 Å². The molecule has 1 atom stereocenters. The summed E-state index contributed by atoms with van der Waals surface area (Å²) in [7, 11) is -0.934. The van der Waals surface area contributed by atoms with E-state index >= 15 is 0 Å². The second-order valence-electron chi connectivity index (χ2n) is 6.14. The summed E-state index contributed by atoms with van der Waals surface area (Å²) in [5.41, 5.74) is 1.32. The van der Waals surface area contributed by atoms with Crippen LogP contribution in [0.5, 0.6) is 0 Å². The first-order valence-electron chi connectivity index (χ1n) is 6.38. The highest BCUT2D eigenvalue weighted by Crippen LogP contribution is 2.33. The molecule has 0 aromatic rings. The largest absolute Gasteiger partial charge is 0.379 e. The molecular weight excluding hydrogens is 214 g/mol. The van der Waals surface area contributed by atoms with Gasteiger partial charge in [-0.15, -0.1) is 0 Å². The monoisotopic (exact) mass is 237 g/mol. The molecule has 2 aliphatic rings. The minimum absolute atomic E-state index is 0.303. The third kappa shape index (κ3) is 3.87. The predicted octanol–water partition coefficient (Wildman–Crippen LogP) is 3.13. The number of ether oxygens (including phenoxy) is 1. The molecule has 1 heterocycles. The molecule has 1 saturated carbocycles. The van der Waals surface area contributed by atoms with Crippen molar-refractivity contribution in [3.8, 4) is 0 Å². The molecule has 0 aromatic carbocycles. The number of allylic oxidation sites excluding steroid dienone is 1. The smallest absolute Gasteiger partial charge is 0.0920 e. The van der Waals surface area contributed by atoms with Crippen molar-refractivity contribution in [2.75, 3.05) is 13.2 Å². The molecule has 1 aliphatic carbocycles. The second-order valence-corrected chi connectivity index (χ2v) is 11.8. The van der Waals surface area contributed by atoms with Gasteiger partial charge in [0, 0.05) is 26.3 Å². The van der Waals surface area contributed by atoms with E-state index in [1.165, 1.54) is 24.6 Å². The average Bonchev–Trinajstić information content (AvgIpc) is 2.93. The van der Waals surface area contributed by atoms with Crippen LogP contribution in [-0.2, 0) is 4.74 Å². The fourth-order valence-corrected chi connectivity index (χ4v) is 2.54. The molecule has 0 bridgehead atoms. The zero-order valence-corrected chi connectivity index (χ0v) is 11.7. The Labute approximate surface area is 99.8 Å². The zero-order valence-electron chi connectivity index (χ0n) is 10.7. The van der Waals surface area contributed by atoms with Gasteiger partial charge in [-0.2, -0.15) is 0 Å². The van der Waals surface area contributed by atoms with E-state index in [0.717, 1.165) is 19.1 Å². The number of hydrogen-bond donors (Lipinski definition) is 0. The van der Waals surface area contributed by atoms with Crippen molar-refractivity contribution in [1.29, 1.82) is 0 Å². The van der Waals surface area contributed by atoms with Crippen molar-refractivity contribution in [3.63, 3.8) is 0 Å². The number of hydrogen-bond acceptors (Lipinski definition) is 2. The van der Waals surface area contributed by atoms with Gasteiger partial charge in [0.15, 0.2) is 0 Å². The lowest BCUT2D eigenvalue weighted by Crippen LogP contribution is -2.22. The van der Waals surface area contributed by atoms with Crippen LogP contribution >= 0.6 is 0 Å². The molecule has 1 fully saturated rings. The van der Waals surface area contributed by atoms with Gasteiger partial charge < -0.3 is 4.74 Å². The SMILES string of the molecule is C[Si](C)(C)CCOCC1C=CC(C2CC2)=N1. The van der Waals surface area contributed by atoms with Gasteiger partial charge in [-0.1, -0.05) is 25.7 Å². The molecule has 0 saturated heterocycles. The molecule has 2 nitrogen and oxygen atoms in total. The number of rotatable bonds is 6. The molecule has 0 spiro atoms. The van der Waals surface area contributed by atoms with Gasteiger partial charge in [-0.05, 0) is 25.0 Å². The van der Waals surface area contributed by atoms with Gasteiger partial charge in [0.1, 0.15) is 0 Å². The van der Waals surface area contributed by atoms with Crippen LogP contribution in [0.25, 0.3) is 0 Å². The Hall–Kier alpha value is -0.413. The van der Waals surface area contributed by atoms with Gasteiger partial charge in [-0.3, -0.25) is 4.99 Å². The standard InChI is InChI=1S/C13H23NOSi/c1-16(2,3)9-8-15-10-12-6-7-13(14-12)11-4-5-11/h6-7,11-12H,4-5,8-10H2,1-3H3. The van der Waals surface area contributed by atoms with E-state index in [4.69, 9.17) is 4.74 Å². The van der Waals surface area contributed by atoms with Gasteiger partial charge in [-0.25, -0.2) is 0 Å². The number of aliphatic imine (C=N–C) groups is 1. The van der Waals surface area contributed by atoms with Crippen LogP contribution in [0, 0.1) is 5.92 Å². The van der Waals surface area contributed by atoms with Gasteiger partial charge in [0.25, 0.3) is 0 Å². The molecule has 3 heteroatoms. The molecular formula is C13H23NOSi. The van der Waals surface area contributed by atoms with Crippen LogP contribution in [0.15, 0.2) is 17.1 Å². The fraction of sp³-hybridized carbons (Fsp3) is 0.769. The summed E-state index contributed by atoms with van der Waals surface area (Å²) < 4.78 is 5.72. The molecule has 0 N–H and O–H groups in total. The van der Waals surface area contributed by atoms with Crippen LogP contribution in [-0.4, -0.2) is 33.0 Å². The first-order chi connectivity index (χ1) is 7.54. The third-order valence-corrected chi connectivity index (χ3v) is 4.79. The first kappa shape index (κ1) is 12.1. The highest BCUT2D eigenvalue weighted by Gasteiger charge is 2.28. The molecule has 0 radical (unpaired) electrons. The van der Waals surface area contributed by atoms with E-state index in [1.54, 1.807) is 0 Å². The molecule has 90 valence electrons. The highest BCUT2D eigenvalue weighted by atomic mass is 28.3. The van der Waals surface area contributed by atoms with Crippen molar-refractivity contribution in [2.45, 2.75) is 44.6 Å². The van der Waals surface area contributed by atoms with Crippen LogP contribution < -0.4 is 0 Å². The molecule has 2 rings (SSSR count). The van der Waals surface area contributed by atoms with E-state index in [0.29, 0.717) is 6.04 Å². The van der Waals surface area contributed by atoms with Crippen LogP contribution in [0.1, 0.15) is 12.8 Å². The summed E-state index contributed by atoms with van der Waals surface area (Å²) >= 11 is 0. The summed E-state index contributed by atoms with van der Waals surface area (Å²) in [6.07, 6.45) is 7.07. The van der Waals surface area contributed by atoms with Crippen molar-refractivity contribution in [2.24, 2.45) is 10.9 Å². The Kier molecular flexibility index (Phi) is 3.65. The van der Waals surface area contributed by atoms with Gasteiger partial charge in [0.2, 0.25) is 0 Å². The fourth-order valence-electron chi connectivity index (χ4n) is 1.78. The normalized spacial score (nSPS) is 24.9. The van der Waals surface area contributed by atoms with E-state index in [-0.39, 0.29) is 0 Å². The maximum absolute atomic E-state index is 5.72. The lowest BCUT2D eigenvalue weighted by Gasteiger charge is -2.15. The van der Waals surface area contributed by atoms with Gasteiger partial charge in [0.05, 0.1) is 12.6 Å². The zero-order chi connectivity index (χ0) is 11.6. The summed E-state index contributed by atoms with van der Waals surface area (Å²) in [6.45, 7) is 8.84. The van der Waals surface area contributed by atoms with Crippen LogP contribution in [0.3, 0.4) is 0 Å².